The number of alkyl halides is 1. The van der Waals surface area contributed by atoms with Gasteiger partial charge < -0.3 is 40.8 Å². The Morgan fingerprint density at radius 3 is 1.52 bits per heavy atom. The van der Waals surface area contributed by atoms with Gasteiger partial charge in [0.2, 0.25) is 0 Å². The average molecular weight is 1290 g/mol. The Hall–Kier alpha value is 0.0269. The molecule has 19 heteroatoms. The Morgan fingerprint density at radius 2 is 1.18 bits per heavy atom. The van der Waals surface area contributed by atoms with E-state index in [-0.39, 0.29) is 31.6 Å². The van der Waals surface area contributed by atoms with Crippen molar-refractivity contribution in [3.8, 4) is 0 Å². The smallest absolute Gasteiger partial charge is 1.00 e. The molecule has 1 unspecified atom stereocenters. The number of rotatable bonds is 10. The summed E-state index contributed by atoms with van der Waals surface area (Å²) in [5, 5.41) is 17.5. The van der Waals surface area contributed by atoms with Crippen molar-refractivity contribution in [1.29, 1.82) is 0 Å². The second-order valence-corrected chi connectivity index (χ2v) is 34.8. The number of epoxide rings is 1. The maximum absolute atomic E-state index is 10.8. The predicted octanol–water partition coefficient (Wildman–Crippen LogP) is 10.6. The number of unbranched alkanes of at least 4 members (excludes halogenated alkanes) is 1. The van der Waals surface area contributed by atoms with Crippen LogP contribution in [0.1, 0.15) is 78.3 Å². The Labute approximate surface area is 454 Å². The van der Waals surface area contributed by atoms with E-state index in [0.29, 0.717) is 31.5 Å². The topological polar surface area (TPSA) is 124 Å². The number of aliphatic hydroxyl groups excluding tert-OH is 2. The number of aliphatic hydroxyl groups is 2. The second-order valence-electron chi connectivity index (χ2n) is 14.1. The molecular weight excluding hydrogens is 1220 g/mol. The standard InChI is InChI=1S/C10H12O2.C9H10O2.C8H9BrO.C7H7BrO.C5H10O2.C4H9.C3H9IOS.CH3F.3ClH.Fe.Li/c1-11-6-8-4-2-3-5-9(8)10-7-12-10;1-11-7-9-5-3-2-4-8(9)6-10;1-10-6-7-4-2-3-5-8(7)9;8-7-4-2-1-3-6(7)5-9;6-5-1-3-7-4-2-5;1-3-4-2;1-6(2,3,4)5;1-2;;;;;/h2-5,10H,6-7H2,1H3;2-6H,7H2,1H3;2-5H,6H2,1H3;1-4,9H,5H2;5-6H,1-4H2;1,3-4H2,2H3;1-3H3;1H3;3*1H;;/q;;;;;-1;;;;;;+3;+1/p-3/i;;;;;;;1D;;;;;. The van der Waals surface area contributed by atoms with Gasteiger partial charge in [0.25, 0.3) is 0 Å². The van der Waals surface area contributed by atoms with Gasteiger partial charge in [-0.3, -0.25) is 13.4 Å². The van der Waals surface area contributed by atoms with Crippen molar-refractivity contribution in [1.82, 2.24) is 0 Å². The largest absolute Gasteiger partial charge is 1.00 e. The van der Waals surface area contributed by atoms with Crippen LogP contribution in [0.4, 0.5) is 4.39 Å². The van der Waals surface area contributed by atoms with E-state index in [1.807, 2.05) is 100 Å². The number of aldehydes is 1. The molecule has 2 saturated heterocycles. The first kappa shape index (κ1) is 70.3. The zero-order chi connectivity index (χ0) is 50.8. The number of hydrogen-bond acceptors (Lipinski definition) is 9. The molecular formula is C47H69Br2Cl3FFeILiO9S. The van der Waals surface area contributed by atoms with Gasteiger partial charge in [-0.2, -0.15) is 6.42 Å². The van der Waals surface area contributed by atoms with Gasteiger partial charge in [0.1, 0.15) is 12.4 Å². The van der Waals surface area contributed by atoms with Crippen molar-refractivity contribution in [2.24, 2.45) is 0 Å². The van der Waals surface area contributed by atoms with Crippen LogP contribution in [0.25, 0.3) is 0 Å². The quantitative estimate of drug-likeness (QED) is 0.0399. The molecule has 0 aliphatic carbocycles. The summed E-state index contributed by atoms with van der Waals surface area (Å²) in [5.74, 6) is 0. The van der Waals surface area contributed by atoms with E-state index in [1.54, 1.807) is 46.2 Å². The van der Waals surface area contributed by atoms with Crippen LogP contribution in [0.15, 0.2) is 106 Å². The molecule has 4 aromatic rings. The van der Waals surface area contributed by atoms with Crippen molar-refractivity contribution in [2.45, 2.75) is 71.2 Å². The van der Waals surface area contributed by atoms with E-state index >= 15 is 0 Å². The number of benzene rings is 4. The summed E-state index contributed by atoms with van der Waals surface area (Å²) in [6, 6.07) is 31.3. The zero-order valence-corrected chi connectivity index (χ0v) is 48.8. The molecule has 9 nitrogen and oxygen atoms in total. The average Bonchev–Trinajstić information content (AvgIpc) is 4.12. The van der Waals surface area contributed by atoms with Crippen molar-refractivity contribution in [3.05, 3.63) is 146 Å². The van der Waals surface area contributed by atoms with Crippen LogP contribution in [0.2, 0.25) is 0 Å². The van der Waals surface area contributed by atoms with Crippen LogP contribution in [-0.2, 0) is 67.5 Å². The summed E-state index contributed by atoms with van der Waals surface area (Å²) in [7, 11) is 18.7. The molecule has 2 fully saturated rings. The first-order valence-corrected chi connectivity index (χ1v) is 31.7. The number of ether oxygens (including phenoxy) is 5. The molecule has 0 aromatic heterocycles. The third-order valence-corrected chi connectivity index (χ3v) is 8.99. The molecule has 2 heterocycles. The summed E-state index contributed by atoms with van der Waals surface area (Å²) < 4.78 is 53.5. The molecule has 0 saturated carbocycles. The second kappa shape index (κ2) is 46.1. The van der Waals surface area contributed by atoms with E-state index in [4.69, 9.17) is 65.6 Å². The Kier molecular flexibility index (Phi) is 49.1. The number of carbonyl (C=O) groups is 1. The minimum Gasteiger partial charge on any atom is 1.00 e. The van der Waals surface area contributed by atoms with Crippen molar-refractivity contribution in [2.75, 3.05) is 67.1 Å². The van der Waals surface area contributed by atoms with E-state index < -0.39 is 24.6 Å². The fourth-order valence-electron chi connectivity index (χ4n) is 4.38. The summed E-state index contributed by atoms with van der Waals surface area (Å²) >= 11 is 7.34. The molecule has 0 amide bonds. The van der Waals surface area contributed by atoms with Gasteiger partial charge in [-0.1, -0.05) is 136 Å². The molecule has 0 radical (unpaired) electrons. The van der Waals surface area contributed by atoms with E-state index in [2.05, 4.69) is 57.8 Å². The van der Waals surface area contributed by atoms with E-state index in [1.165, 1.54) is 23.1 Å². The summed E-state index contributed by atoms with van der Waals surface area (Å²) in [6.07, 6.45) is 8.11. The van der Waals surface area contributed by atoms with E-state index in [9.17, 15) is 13.4 Å². The monoisotopic (exact) mass is 1280 g/mol. The molecule has 375 valence electrons. The molecule has 0 spiro atoms. The zero-order valence-electron chi connectivity index (χ0n) is 40.3. The number of hydrogen-bond donors (Lipinski definition) is 2. The Morgan fingerprint density at radius 1 is 0.833 bits per heavy atom. The van der Waals surface area contributed by atoms with Gasteiger partial charge in [0, 0.05) is 70.3 Å². The first-order chi connectivity index (χ1) is 31.2. The maximum atomic E-state index is 10.8. The van der Waals surface area contributed by atoms with Crippen LogP contribution < -0.4 is 18.9 Å². The van der Waals surface area contributed by atoms with Gasteiger partial charge >= 0.3 is 60.3 Å². The predicted molar refractivity (Wildman–Crippen MR) is 284 cm³/mol. The van der Waals surface area contributed by atoms with Crippen LogP contribution >= 0.6 is 83.4 Å². The fraction of sp³-hybridized carbons (Fsp3) is 0.447. The van der Waals surface area contributed by atoms with Gasteiger partial charge in [-0.25, -0.2) is 0 Å². The van der Waals surface area contributed by atoms with Crippen LogP contribution in [0.5, 0.6) is 0 Å². The van der Waals surface area contributed by atoms with Crippen LogP contribution in [0.3, 0.4) is 0 Å². The normalized spacial score (nSPS) is 14.0. The number of methoxy groups -OCH3 is 3. The Bertz CT molecular complexity index is 1830. The van der Waals surface area contributed by atoms with E-state index in [0.717, 1.165) is 65.4 Å². The molecule has 66 heavy (non-hydrogen) atoms. The third kappa shape index (κ3) is 47.7. The fourth-order valence-corrected chi connectivity index (χ4v) is 5.19. The summed E-state index contributed by atoms with van der Waals surface area (Å²) in [5.41, 5.74) is 6.27. The van der Waals surface area contributed by atoms with Crippen LogP contribution in [-0.4, -0.2) is 93.9 Å². The first-order valence-electron chi connectivity index (χ1n) is 20.5. The molecule has 2 aliphatic rings. The third-order valence-electron chi connectivity index (χ3n) is 7.45. The van der Waals surface area contributed by atoms with Crippen molar-refractivity contribution < 1.29 is 78.7 Å². The van der Waals surface area contributed by atoms with Gasteiger partial charge in [-0.05, 0) is 71.6 Å². The SMILES string of the molecule is COCc1ccccc1Br.COCc1ccccc1C1CO1.COCc1ccccc1C=O.CS(C)(C)(=O)I.OC1CCOCC1.OCc1ccccc1Br.[2H]CF.[CH2-]CCC.[Cl][Fe]([Cl])[Cl].[Li+]. The van der Waals surface area contributed by atoms with Gasteiger partial charge in [0.15, 0.2) is 0 Å². The van der Waals surface area contributed by atoms with Crippen molar-refractivity contribution >= 4 is 95.9 Å². The molecule has 1 atom stereocenters. The van der Waals surface area contributed by atoms with Crippen molar-refractivity contribution in [3.63, 3.8) is 0 Å². The molecule has 2 aliphatic heterocycles. The van der Waals surface area contributed by atoms with Gasteiger partial charge in [0.05, 0.1) is 47.7 Å². The number of halogens is 7. The minimum atomic E-state index is -2.13. The number of carbonyl (C=O) groups excluding carboxylic acids is 1. The van der Waals surface area contributed by atoms with Gasteiger partial charge in [-0.15, -0.1) is 0 Å². The summed E-state index contributed by atoms with van der Waals surface area (Å²) in [4.78, 5) is 10.4. The molecule has 0 bridgehead atoms. The Balaban J connectivity index is -0.000000343. The minimum absolute atomic E-state index is 0. The molecule has 6 rings (SSSR count). The maximum Gasteiger partial charge on any atom is 1.00 e. The summed E-state index contributed by atoms with van der Waals surface area (Å²) in [6.45, 7) is 10.00. The molecule has 2 N–H and O–H groups in total. The molecule has 4 aromatic carbocycles. The van der Waals surface area contributed by atoms with Crippen LogP contribution in [0, 0.1) is 6.92 Å².